The molecular formula is C24H10N6. The molecule has 0 fully saturated rings. The number of aromatic nitrogens is 2. The zero-order chi connectivity index (χ0) is 21.1. The molecular weight excluding hydrogens is 372 g/mol. The minimum absolute atomic E-state index is 0.247. The summed E-state index contributed by atoms with van der Waals surface area (Å²) in [7, 11) is 0. The average molecular weight is 382 g/mol. The zero-order valence-corrected chi connectivity index (χ0v) is 15.5. The molecule has 0 spiro atoms. The maximum absolute atomic E-state index is 8.54. The molecule has 0 saturated carbocycles. The molecule has 0 amide bonds. The minimum atomic E-state index is -0.247. The van der Waals surface area contributed by atoms with Gasteiger partial charge in [-0.25, -0.2) is 9.97 Å². The van der Waals surface area contributed by atoms with Crippen LogP contribution in [0.2, 0.25) is 0 Å². The predicted octanol–water partition coefficient (Wildman–Crippen LogP) is 4.55. The highest BCUT2D eigenvalue weighted by molar-refractivity contribution is 6.22. The van der Waals surface area contributed by atoms with Gasteiger partial charge >= 0.3 is 0 Å². The van der Waals surface area contributed by atoms with Crippen LogP contribution in [-0.2, 0) is 0 Å². The Labute approximate surface area is 171 Å². The average Bonchev–Trinajstić information content (AvgIpc) is 2.82. The fourth-order valence-corrected chi connectivity index (χ4v) is 3.42. The highest BCUT2D eigenvalue weighted by Crippen LogP contribution is 2.33. The van der Waals surface area contributed by atoms with Gasteiger partial charge in [0.15, 0.2) is 22.8 Å². The van der Waals surface area contributed by atoms with Crippen molar-refractivity contribution in [2.45, 2.75) is 0 Å². The van der Waals surface area contributed by atoms with E-state index in [1.54, 1.807) is 24.3 Å². The standard InChI is InChI=1S/C16H10.C8N6/c1-3-11-7-9-13-5-2-6-14-10-8-12(4-1)15(11)16(13)14;9-1-5-6(2-10)14-8(4-12)7(3-11)13-5/h1-10H;. The lowest BCUT2D eigenvalue weighted by molar-refractivity contribution is 1.08. The van der Waals surface area contributed by atoms with Crippen LogP contribution in [-0.4, -0.2) is 9.97 Å². The molecule has 0 aliphatic carbocycles. The van der Waals surface area contributed by atoms with Crippen molar-refractivity contribution in [1.29, 1.82) is 21.0 Å². The summed E-state index contributed by atoms with van der Waals surface area (Å²) in [6.45, 7) is 0. The van der Waals surface area contributed by atoms with E-state index in [0.29, 0.717) is 0 Å². The normalized spacial score (nSPS) is 9.87. The fourth-order valence-electron chi connectivity index (χ4n) is 3.42. The molecule has 6 heteroatoms. The molecule has 0 aliphatic heterocycles. The molecule has 0 radical (unpaired) electrons. The first-order valence-corrected chi connectivity index (χ1v) is 8.85. The monoisotopic (exact) mass is 382 g/mol. The highest BCUT2D eigenvalue weighted by Gasteiger charge is 2.12. The van der Waals surface area contributed by atoms with E-state index in [2.05, 4.69) is 70.6 Å². The summed E-state index contributed by atoms with van der Waals surface area (Å²) >= 11 is 0. The molecule has 0 N–H and O–H groups in total. The van der Waals surface area contributed by atoms with Crippen LogP contribution in [0.15, 0.2) is 60.7 Å². The molecule has 4 aromatic carbocycles. The maximum atomic E-state index is 8.54. The maximum Gasteiger partial charge on any atom is 0.178 e. The second-order valence-corrected chi connectivity index (χ2v) is 6.35. The molecule has 0 unspecified atom stereocenters. The van der Waals surface area contributed by atoms with Gasteiger partial charge in [-0.2, -0.15) is 21.0 Å². The van der Waals surface area contributed by atoms with Gasteiger partial charge in [-0.1, -0.05) is 60.7 Å². The second-order valence-electron chi connectivity index (χ2n) is 6.35. The molecule has 5 rings (SSSR count). The fraction of sp³-hybridized carbons (Fsp3) is 0. The first-order valence-electron chi connectivity index (χ1n) is 8.85. The Kier molecular flexibility index (Phi) is 4.60. The van der Waals surface area contributed by atoms with Crippen LogP contribution in [0.3, 0.4) is 0 Å². The van der Waals surface area contributed by atoms with Crippen molar-refractivity contribution < 1.29 is 0 Å². The summed E-state index contributed by atoms with van der Waals surface area (Å²) < 4.78 is 0. The van der Waals surface area contributed by atoms with Crippen LogP contribution >= 0.6 is 0 Å². The van der Waals surface area contributed by atoms with Gasteiger partial charge < -0.3 is 0 Å². The summed E-state index contributed by atoms with van der Waals surface area (Å²) in [5, 5.41) is 42.3. The Hall–Kier alpha value is -5.04. The smallest absolute Gasteiger partial charge is 0.178 e. The summed E-state index contributed by atoms with van der Waals surface area (Å²) in [5.74, 6) is 0. The molecule has 1 aromatic heterocycles. The van der Waals surface area contributed by atoms with E-state index in [1.165, 1.54) is 32.3 Å². The van der Waals surface area contributed by atoms with Crippen molar-refractivity contribution in [2.75, 3.05) is 0 Å². The number of rotatable bonds is 0. The third kappa shape index (κ3) is 2.98. The largest absolute Gasteiger partial charge is 0.220 e. The molecule has 0 aliphatic rings. The zero-order valence-electron chi connectivity index (χ0n) is 15.5. The van der Waals surface area contributed by atoms with Crippen molar-refractivity contribution in [3.8, 4) is 24.3 Å². The summed E-state index contributed by atoms with van der Waals surface area (Å²) in [6.07, 6.45) is 0. The summed E-state index contributed by atoms with van der Waals surface area (Å²) in [5.41, 5.74) is -0.989. The van der Waals surface area contributed by atoms with Crippen LogP contribution in [0.25, 0.3) is 32.3 Å². The van der Waals surface area contributed by atoms with Gasteiger partial charge in [0.25, 0.3) is 0 Å². The first kappa shape index (κ1) is 18.3. The van der Waals surface area contributed by atoms with Crippen molar-refractivity contribution in [3.05, 3.63) is 83.4 Å². The van der Waals surface area contributed by atoms with Crippen LogP contribution < -0.4 is 0 Å². The Morgan fingerprint density at radius 3 is 0.933 bits per heavy atom. The van der Waals surface area contributed by atoms with E-state index in [0.717, 1.165) is 0 Å². The molecule has 5 aromatic rings. The lowest BCUT2D eigenvalue weighted by Gasteiger charge is -2.09. The molecule has 6 nitrogen and oxygen atoms in total. The number of nitrogens with zero attached hydrogens (tertiary/aromatic N) is 6. The van der Waals surface area contributed by atoms with E-state index < -0.39 is 0 Å². The van der Waals surface area contributed by atoms with Crippen molar-refractivity contribution in [1.82, 2.24) is 9.97 Å². The first-order chi connectivity index (χ1) is 14.7. The van der Waals surface area contributed by atoms with Gasteiger partial charge in [0.05, 0.1) is 0 Å². The Bertz CT molecular complexity index is 1360. The van der Waals surface area contributed by atoms with Gasteiger partial charge in [-0.3, -0.25) is 0 Å². The Morgan fingerprint density at radius 1 is 0.433 bits per heavy atom. The van der Waals surface area contributed by atoms with Crippen molar-refractivity contribution in [3.63, 3.8) is 0 Å². The number of benzene rings is 4. The molecule has 30 heavy (non-hydrogen) atoms. The highest BCUT2D eigenvalue weighted by atomic mass is 14.8. The van der Waals surface area contributed by atoms with Crippen molar-refractivity contribution >= 4 is 32.3 Å². The van der Waals surface area contributed by atoms with E-state index >= 15 is 0 Å². The Balaban J connectivity index is 0.000000147. The number of hydrogen-bond acceptors (Lipinski definition) is 6. The number of hydrogen-bond donors (Lipinski definition) is 0. The molecule has 1 heterocycles. The molecule has 0 bridgehead atoms. The molecule has 0 saturated heterocycles. The van der Waals surface area contributed by atoms with Crippen LogP contribution in [0.4, 0.5) is 0 Å². The van der Waals surface area contributed by atoms with Crippen LogP contribution in [0, 0.1) is 45.3 Å². The van der Waals surface area contributed by atoms with E-state index in [4.69, 9.17) is 21.0 Å². The van der Waals surface area contributed by atoms with Gasteiger partial charge in [-0.15, -0.1) is 0 Å². The minimum Gasteiger partial charge on any atom is -0.220 e. The molecule has 0 atom stereocenters. The predicted molar refractivity (Wildman–Crippen MR) is 111 cm³/mol. The van der Waals surface area contributed by atoms with E-state index in [-0.39, 0.29) is 22.8 Å². The van der Waals surface area contributed by atoms with Gasteiger partial charge in [0.1, 0.15) is 24.3 Å². The van der Waals surface area contributed by atoms with Crippen molar-refractivity contribution in [2.24, 2.45) is 0 Å². The summed E-state index contributed by atoms with van der Waals surface area (Å²) in [6, 6.07) is 28.3. The van der Waals surface area contributed by atoms with E-state index in [1.807, 2.05) is 0 Å². The van der Waals surface area contributed by atoms with Crippen LogP contribution in [0.5, 0.6) is 0 Å². The topological polar surface area (TPSA) is 121 Å². The van der Waals surface area contributed by atoms with E-state index in [9.17, 15) is 0 Å². The Morgan fingerprint density at radius 2 is 0.700 bits per heavy atom. The lowest BCUT2D eigenvalue weighted by atomic mass is 9.95. The lowest BCUT2D eigenvalue weighted by Crippen LogP contribution is -2.01. The third-order valence-corrected chi connectivity index (χ3v) is 4.71. The summed E-state index contributed by atoms with van der Waals surface area (Å²) in [4.78, 5) is 7.04. The SMILES string of the molecule is N#Cc1nc(C#N)c(C#N)nc1C#N.c1cc2ccc3cccc4ccc(c1)c2c34. The quantitative estimate of drug-likeness (QED) is 0.362. The number of nitriles is 4. The third-order valence-electron chi connectivity index (χ3n) is 4.71. The molecule has 136 valence electrons. The van der Waals surface area contributed by atoms with Crippen LogP contribution in [0.1, 0.15) is 22.8 Å². The van der Waals surface area contributed by atoms with Gasteiger partial charge in [0, 0.05) is 0 Å². The van der Waals surface area contributed by atoms with Gasteiger partial charge in [-0.05, 0) is 32.3 Å². The van der Waals surface area contributed by atoms with Gasteiger partial charge in [0.2, 0.25) is 0 Å². The second kappa shape index (κ2) is 7.53.